The Bertz CT molecular complexity index is 472. The lowest BCUT2D eigenvalue weighted by Gasteiger charge is -2.23. The molecular weight excluding hydrogens is 236 g/mol. The number of benzene rings is 1. The summed E-state index contributed by atoms with van der Waals surface area (Å²) < 4.78 is 22.6. The minimum absolute atomic E-state index is 0.177. The molecule has 17 heavy (non-hydrogen) atoms. The summed E-state index contributed by atoms with van der Waals surface area (Å²) in [5.41, 5.74) is 12.5. The molecule has 1 aromatic carbocycles. The highest BCUT2D eigenvalue weighted by atomic mass is 32.2. The van der Waals surface area contributed by atoms with E-state index in [1.54, 1.807) is 24.3 Å². The molecule has 5 heteroatoms. The largest absolute Gasteiger partial charge is 0.325 e. The zero-order chi connectivity index (χ0) is 13.3. The molecule has 0 amide bonds. The van der Waals surface area contributed by atoms with Crippen LogP contribution in [0.1, 0.15) is 31.9 Å². The van der Waals surface area contributed by atoms with Crippen molar-refractivity contribution >= 4 is 9.84 Å². The van der Waals surface area contributed by atoms with Gasteiger partial charge >= 0.3 is 0 Å². The second-order valence-corrected chi connectivity index (χ2v) is 7.16. The summed E-state index contributed by atoms with van der Waals surface area (Å²) in [5, 5.41) is 0. The maximum absolute atomic E-state index is 11.3. The van der Waals surface area contributed by atoms with Gasteiger partial charge in [-0.3, -0.25) is 0 Å². The first-order valence-corrected chi connectivity index (χ1v) is 7.33. The zero-order valence-corrected chi connectivity index (χ0v) is 11.3. The molecule has 0 aliphatic rings. The quantitative estimate of drug-likeness (QED) is 0.848. The fourth-order valence-electron chi connectivity index (χ4n) is 1.65. The topological polar surface area (TPSA) is 86.2 Å². The third-order valence-electron chi connectivity index (χ3n) is 2.48. The first-order chi connectivity index (χ1) is 7.59. The molecule has 0 bridgehead atoms. The molecule has 0 aromatic heterocycles. The number of rotatable bonds is 4. The van der Waals surface area contributed by atoms with Crippen molar-refractivity contribution in [3.63, 3.8) is 0 Å². The van der Waals surface area contributed by atoms with Gasteiger partial charge < -0.3 is 11.5 Å². The van der Waals surface area contributed by atoms with Gasteiger partial charge in [-0.25, -0.2) is 8.42 Å². The highest BCUT2D eigenvalue weighted by molar-refractivity contribution is 7.90. The molecule has 0 aliphatic heterocycles. The van der Waals surface area contributed by atoms with Crippen LogP contribution in [0.3, 0.4) is 0 Å². The Morgan fingerprint density at radius 3 is 2.06 bits per heavy atom. The van der Waals surface area contributed by atoms with Crippen LogP contribution < -0.4 is 11.5 Å². The van der Waals surface area contributed by atoms with E-state index < -0.39 is 9.84 Å². The number of sulfone groups is 1. The molecule has 0 radical (unpaired) electrons. The summed E-state index contributed by atoms with van der Waals surface area (Å²) in [6.45, 7) is 3.83. The van der Waals surface area contributed by atoms with Gasteiger partial charge in [0.05, 0.1) is 4.90 Å². The Kier molecular flexibility index (Phi) is 3.96. The molecule has 0 spiro atoms. The molecule has 1 unspecified atom stereocenters. The summed E-state index contributed by atoms with van der Waals surface area (Å²) >= 11 is 0. The predicted octanol–water partition coefficient (Wildman–Crippen LogP) is 1.22. The molecule has 0 saturated heterocycles. The van der Waals surface area contributed by atoms with E-state index in [1.807, 2.05) is 13.8 Å². The Morgan fingerprint density at radius 2 is 1.71 bits per heavy atom. The first-order valence-electron chi connectivity index (χ1n) is 5.44. The Morgan fingerprint density at radius 1 is 1.24 bits per heavy atom. The molecule has 96 valence electrons. The minimum Gasteiger partial charge on any atom is -0.325 e. The molecular formula is C12H20N2O2S. The summed E-state index contributed by atoms with van der Waals surface area (Å²) in [4.78, 5) is 0.306. The van der Waals surface area contributed by atoms with Crippen LogP contribution >= 0.6 is 0 Å². The van der Waals surface area contributed by atoms with Crippen LogP contribution in [0.4, 0.5) is 0 Å². The average molecular weight is 256 g/mol. The summed E-state index contributed by atoms with van der Waals surface area (Å²) in [5.74, 6) is 0. The Balaban J connectivity index is 2.88. The molecule has 0 saturated carbocycles. The van der Waals surface area contributed by atoms with Gasteiger partial charge in [0.1, 0.15) is 0 Å². The van der Waals surface area contributed by atoms with Crippen molar-refractivity contribution in [3.8, 4) is 0 Å². The lowest BCUT2D eigenvalue weighted by atomic mass is 9.93. The average Bonchev–Trinajstić information content (AvgIpc) is 2.14. The van der Waals surface area contributed by atoms with Crippen molar-refractivity contribution < 1.29 is 8.42 Å². The van der Waals surface area contributed by atoms with Gasteiger partial charge in [0.2, 0.25) is 0 Å². The van der Waals surface area contributed by atoms with E-state index in [9.17, 15) is 8.42 Å². The van der Waals surface area contributed by atoms with Gasteiger partial charge in [0.25, 0.3) is 0 Å². The molecule has 0 fully saturated rings. The van der Waals surface area contributed by atoms with E-state index in [-0.39, 0.29) is 11.6 Å². The molecule has 0 heterocycles. The van der Waals surface area contributed by atoms with Crippen LogP contribution in [0, 0.1) is 0 Å². The summed E-state index contributed by atoms with van der Waals surface area (Å²) in [7, 11) is -3.15. The monoisotopic (exact) mass is 256 g/mol. The fourth-order valence-corrected chi connectivity index (χ4v) is 2.28. The van der Waals surface area contributed by atoms with E-state index in [0.717, 1.165) is 5.56 Å². The van der Waals surface area contributed by atoms with Gasteiger partial charge in [0.15, 0.2) is 9.84 Å². The Hall–Kier alpha value is -0.910. The highest BCUT2D eigenvalue weighted by Gasteiger charge is 2.17. The van der Waals surface area contributed by atoms with E-state index in [2.05, 4.69) is 0 Å². The molecule has 4 nitrogen and oxygen atoms in total. The van der Waals surface area contributed by atoms with E-state index in [0.29, 0.717) is 11.3 Å². The lowest BCUT2D eigenvalue weighted by Crippen LogP contribution is -2.35. The third kappa shape index (κ3) is 4.46. The van der Waals surface area contributed by atoms with Gasteiger partial charge in [-0.15, -0.1) is 0 Å². The van der Waals surface area contributed by atoms with Crippen LogP contribution in [-0.4, -0.2) is 20.2 Å². The van der Waals surface area contributed by atoms with E-state index in [1.165, 1.54) is 6.26 Å². The van der Waals surface area contributed by atoms with Crippen molar-refractivity contribution in [1.82, 2.24) is 0 Å². The SMILES string of the molecule is CC(C)(N)CC(N)c1ccc(S(C)(=O)=O)cc1. The second-order valence-electron chi connectivity index (χ2n) is 5.14. The second kappa shape index (κ2) is 4.76. The van der Waals surface area contributed by atoms with Crippen molar-refractivity contribution in [1.29, 1.82) is 0 Å². The van der Waals surface area contributed by atoms with Crippen LogP contribution in [0.5, 0.6) is 0 Å². The first kappa shape index (κ1) is 14.2. The normalized spacial score (nSPS) is 14.6. The smallest absolute Gasteiger partial charge is 0.175 e. The van der Waals surface area contributed by atoms with Gasteiger partial charge in [0, 0.05) is 17.8 Å². The lowest BCUT2D eigenvalue weighted by molar-refractivity contribution is 0.429. The predicted molar refractivity (Wildman–Crippen MR) is 69.4 cm³/mol. The van der Waals surface area contributed by atoms with Crippen molar-refractivity contribution in [2.24, 2.45) is 11.5 Å². The molecule has 4 N–H and O–H groups in total. The molecule has 0 aliphatic carbocycles. The van der Waals surface area contributed by atoms with Crippen LogP contribution in [0.2, 0.25) is 0 Å². The van der Waals surface area contributed by atoms with Gasteiger partial charge in [-0.1, -0.05) is 12.1 Å². The number of hydrogen-bond acceptors (Lipinski definition) is 4. The summed E-state index contributed by atoms with van der Waals surface area (Å²) in [6.07, 6.45) is 1.83. The Labute approximate surface area is 103 Å². The van der Waals surface area contributed by atoms with Crippen molar-refractivity contribution in [2.75, 3.05) is 6.26 Å². The van der Waals surface area contributed by atoms with Crippen LogP contribution in [0.15, 0.2) is 29.2 Å². The summed E-state index contributed by atoms with van der Waals surface area (Å²) in [6, 6.07) is 6.46. The molecule has 1 rings (SSSR count). The van der Waals surface area contributed by atoms with Crippen LogP contribution in [-0.2, 0) is 9.84 Å². The zero-order valence-electron chi connectivity index (χ0n) is 10.5. The molecule has 1 atom stereocenters. The number of nitrogens with two attached hydrogens (primary N) is 2. The fraction of sp³-hybridized carbons (Fsp3) is 0.500. The van der Waals surface area contributed by atoms with Gasteiger partial charge in [-0.05, 0) is 38.0 Å². The maximum Gasteiger partial charge on any atom is 0.175 e. The standard InChI is InChI=1S/C12H20N2O2S/c1-12(2,14)8-11(13)9-4-6-10(7-5-9)17(3,15)16/h4-7,11H,8,13-14H2,1-3H3. The number of hydrogen-bond donors (Lipinski definition) is 2. The van der Waals surface area contributed by atoms with E-state index in [4.69, 9.17) is 11.5 Å². The minimum atomic E-state index is -3.15. The van der Waals surface area contributed by atoms with Crippen LogP contribution in [0.25, 0.3) is 0 Å². The van der Waals surface area contributed by atoms with E-state index >= 15 is 0 Å². The highest BCUT2D eigenvalue weighted by Crippen LogP contribution is 2.21. The third-order valence-corrected chi connectivity index (χ3v) is 3.61. The van der Waals surface area contributed by atoms with Crippen molar-refractivity contribution in [3.05, 3.63) is 29.8 Å². The molecule has 1 aromatic rings. The maximum atomic E-state index is 11.3. The van der Waals surface area contributed by atoms with Gasteiger partial charge in [-0.2, -0.15) is 0 Å². The van der Waals surface area contributed by atoms with Crippen molar-refractivity contribution in [2.45, 2.75) is 36.7 Å².